The third-order valence-corrected chi connectivity index (χ3v) is 3.76. The normalized spacial score (nSPS) is 11.0. The summed E-state index contributed by atoms with van der Waals surface area (Å²) in [5.74, 6) is 0.651. The van der Waals surface area contributed by atoms with Crippen molar-refractivity contribution in [2.75, 3.05) is 17.6 Å². The predicted octanol–water partition coefficient (Wildman–Crippen LogP) is 2.61. The summed E-state index contributed by atoms with van der Waals surface area (Å²) in [6.45, 7) is 2.44. The Bertz CT molecular complexity index is 514. The Morgan fingerprint density at radius 3 is 2.83 bits per heavy atom. The number of ether oxygens (including phenoxy) is 1. The molecule has 0 saturated carbocycles. The molecule has 0 spiro atoms. The van der Waals surface area contributed by atoms with Gasteiger partial charge in [-0.1, -0.05) is 23.9 Å². The highest BCUT2D eigenvalue weighted by molar-refractivity contribution is 8.22. The molecule has 0 aliphatic heterocycles. The third-order valence-electron chi connectivity index (χ3n) is 1.85. The number of hydrogen-bond acceptors (Lipinski definition) is 5. The Hall–Kier alpha value is -0.790. The van der Waals surface area contributed by atoms with Gasteiger partial charge in [0.15, 0.2) is 0 Å². The van der Waals surface area contributed by atoms with Crippen LogP contribution in [-0.2, 0) is 20.5 Å². The van der Waals surface area contributed by atoms with E-state index in [9.17, 15) is 8.42 Å². The fourth-order valence-electron chi connectivity index (χ4n) is 1.24. The van der Waals surface area contributed by atoms with Gasteiger partial charge in [-0.2, -0.15) is 0 Å². The van der Waals surface area contributed by atoms with Gasteiger partial charge in [0.25, 0.3) is 0 Å². The number of benzene rings is 1. The summed E-state index contributed by atoms with van der Waals surface area (Å²) in [5, 5.41) is 0. The van der Waals surface area contributed by atoms with Gasteiger partial charge >= 0.3 is 0 Å². The van der Waals surface area contributed by atoms with Gasteiger partial charge in [-0.25, -0.2) is 8.42 Å². The van der Waals surface area contributed by atoms with Crippen molar-refractivity contribution in [3.8, 4) is 0 Å². The lowest BCUT2D eigenvalue weighted by molar-refractivity contribution is 0.346. The smallest absolute Gasteiger partial charge is 0.229 e. The molecule has 0 bridgehead atoms. The van der Waals surface area contributed by atoms with Gasteiger partial charge in [-0.05, 0) is 36.8 Å². The van der Waals surface area contributed by atoms with Crippen LogP contribution in [0.15, 0.2) is 24.3 Å². The van der Waals surface area contributed by atoms with Crippen LogP contribution < -0.4 is 4.72 Å². The topological polar surface area (TPSA) is 55.4 Å². The summed E-state index contributed by atoms with van der Waals surface area (Å²) in [6, 6.07) is 7.20. The zero-order valence-electron chi connectivity index (χ0n) is 10.2. The van der Waals surface area contributed by atoms with E-state index in [1.165, 1.54) is 11.8 Å². The number of anilines is 1. The van der Waals surface area contributed by atoms with Gasteiger partial charge in [-0.3, -0.25) is 4.72 Å². The number of sulfonamides is 1. The van der Waals surface area contributed by atoms with Crippen LogP contribution in [0.25, 0.3) is 0 Å². The third kappa shape index (κ3) is 6.23. The molecule has 0 aliphatic carbocycles. The maximum Gasteiger partial charge on any atom is 0.229 e. The van der Waals surface area contributed by atoms with Crippen LogP contribution in [0.4, 0.5) is 5.69 Å². The van der Waals surface area contributed by atoms with Crippen molar-refractivity contribution < 1.29 is 13.2 Å². The second-order valence-electron chi connectivity index (χ2n) is 3.55. The van der Waals surface area contributed by atoms with E-state index in [0.717, 1.165) is 11.8 Å². The summed E-state index contributed by atoms with van der Waals surface area (Å²) < 4.78 is 30.3. The van der Waals surface area contributed by atoms with Crippen molar-refractivity contribution in [1.29, 1.82) is 0 Å². The molecule has 0 saturated heterocycles. The summed E-state index contributed by atoms with van der Waals surface area (Å²) >= 11 is 6.41. The molecule has 1 rings (SSSR count). The van der Waals surface area contributed by atoms with Crippen molar-refractivity contribution in [3.05, 3.63) is 29.8 Å². The molecule has 18 heavy (non-hydrogen) atoms. The van der Waals surface area contributed by atoms with Crippen LogP contribution in [0.1, 0.15) is 12.5 Å². The molecule has 0 heterocycles. The van der Waals surface area contributed by atoms with Gasteiger partial charge < -0.3 is 4.74 Å². The highest BCUT2D eigenvalue weighted by Gasteiger charge is 2.04. The first-order valence-corrected chi connectivity index (χ1v) is 8.55. The van der Waals surface area contributed by atoms with Crippen molar-refractivity contribution >= 4 is 44.1 Å². The lowest BCUT2D eigenvalue weighted by atomic mass is 10.2. The predicted molar refractivity (Wildman–Crippen MR) is 80.4 cm³/mol. The second kappa shape index (κ2) is 6.96. The van der Waals surface area contributed by atoms with Crippen molar-refractivity contribution in [1.82, 2.24) is 0 Å². The van der Waals surface area contributed by atoms with Gasteiger partial charge in [0.05, 0.1) is 12.9 Å². The number of hydrogen-bond donors (Lipinski definition) is 1. The number of rotatable bonds is 5. The largest absolute Gasteiger partial charge is 0.479 e. The van der Waals surface area contributed by atoms with Gasteiger partial charge in [0, 0.05) is 11.4 Å². The molecule has 0 fully saturated rings. The molecular weight excluding hydrogens is 290 g/mol. The average molecular weight is 305 g/mol. The summed E-state index contributed by atoms with van der Waals surface area (Å²) in [7, 11) is -3.24. The maximum atomic E-state index is 11.1. The maximum absolute atomic E-state index is 11.1. The Balaban J connectivity index is 2.62. The van der Waals surface area contributed by atoms with Crippen LogP contribution in [-0.4, -0.2) is 25.7 Å². The average Bonchev–Trinajstić information content (AvgIpc) is 2.25. The lowest BCUT2D eigenvalue weighted by Gasteiger charge is -2.07. The minimum atomic E-state index is -3.24. The Morgan fingerprint density at radius 2 is 2.22 bits per heavy atom. The van der Waals surface area contributed by atoms with Crippen LogP contribution in [0.5, 0.6) is 0 Å². The first kappa shape index (κ1) is 15.3. The Morgan fingerprint density at radius 1 is 1.50 bits per heavy atom. The number of thioether (sulfide) groups is 1. The molecule has 1 aromatic carbocycles. The van der Waals surface area contributed by atoms with Crippen LogP contribution >= 0.6 is 24.0 Å². The van der Waals surface area contributed by atoms with Gasteiger partial charge in [-0.15, -0.1) is 0 Å². The molecule has 4 nitrogen and oxygen atoms in total. The highest BCUT2D eigenvalue weighted by Crippen LogP contribution is 2.18. The van der Waals surface area contributed by atoms with Crippen LogP contribution in [0, 0.1) is 0 Å². The zero-order chi connectivity index (χ0) is 13.6. The molecule has 0 radical (unpaired) electrons. The lowest BCUT2D eigenvalue weighted by Crippen LogP contribution is -2.09. The highest BCUT2D eigenvalue weighted by atomic mass is 32.2. The Kier molecular flexibility index (Phi) is 5.90. The minimum Gasteiger partial charge on any atom is -0.479 e. The van der Waals surface area contributed by atoms with Crippen molar-refractivity contribution in [3.63, 3.8) is 0 Å². The molecular formula is C11H15NO3S3. The zero-order valence-corrected chi connectivity index (χ0v) is 12.6. The van der Waals surface area contributed by atoms with E-state index in [0.29, 0.717) is 22.4 Å². The molecule has 0 unspecified atom stereocenters. The standard InChI is InChI=1S/C11H15NO3S3/c1-3-15-11(16)17-8-9-5-4-6-10(7-9)12-18(2,13)14/h4-7,12H,3,8H2,1-2H3. The van der Waals surface area contributed by atoms with E-state index in [-0.39, 0.29) is 0 Å². The molecule has 100 valence electrons. The molecule has 0 aromatic heterocycles. The van der Waals surface area contributed by atoms with E-state index in [1.807, 2.05) is 13.0 Å². The van der Waals surface area contributed by atoms with Crippen molar-refractivity contribution in [2.24, 2.45) is 0 Å². The molecule has 1 N–H and O–H groups in total. The number of nitrogens with one attached hydrogen (secondary N) is 1. The van der Waals surface area contributed by atoms with E-state index in [2.05, 4.69) is 4.72 Å². The summed E-state index contributed by atoms with van der Waals surface area (Å²) in [5.41, 5.74) is 1.54. The first-order chi connectivity index (χ1) is 8.40. The molecule has 0 aliphatic rings. The van der Waals surface area contributed by atoms with Gasteiger partial charge in [0.1, 0.15) is 0 Å². The van der Waals surface area contributed by atoms with E-state index in [4.69, 9.17) is 17.0 Å². The summed E-state index contributed by atoms with van der Waals surface area (Å²) in [4.78, 5) is 0. The van der Waals surface area contributed by atoms with Crippen molar-refractivity contribution in [2.45, 2.75) is 12.7 Å². The molecule has 7 heteroatoms. The van der Waals surface area contributed by atoms with Crippen LogP contribution in [0.2, 0.25) is 0 Å². The number of thiocarbonyl (C=S) groups is 1. The molecule has 0 atom stereocenters. The van der Waals surface area contributed by atoms with Crippen LogP contribution in [0.3, 0.4) is 0 Å². The fraction of sp³-hybridized carbons (Fsp3) is 0.364. The van der Waals surface area contributed by atoms with E-state index >= 15 is 0 Å². The quantitative estimate of drug-likeness (QED) is 0.848. The minimum absolute atomic E-state index is 0.499. The fourth-order valence-corrected chi connectivity index (χ4v) is 2.76. The van der Waals surface area contributed by atoms with E-state index in [1.54, 1.807) is 18.2 Å². The Labute approximate surface area is 117 Å². The summed E-state index contributed by atoms with van der Waals surface area (Å²) in [6.07, 6.45) is 1.12. The van der Waals surface area contributed by atoms with E-state index < -0.39 is 10.0 Å². The first-order valence-electron chi connectivity index (χ1n) is 5.27. The second-order valence-corrected chi connectivity index (χ2v) is 6.87. The molecule has 0 amide bonds. The monoisotopic (exact) mass is 305 g/mol. The SMILES string of the molecule is CCOC(=S)SCc1cccc(NS(C)(=O)=O)c1. The van der Waals surface area contributed by atoms with Gasteiger partial charge in [0.2, 0.25) is 14.4 Å². The molecule has 1 aromatic rings.